The molecule has 0 atom stereocenters. The zero-order valence-electron chi connectivity index (χ0n) is 7.91. The van der Waals surface area contributed by atoms with Crippen molar-refractivity contribution in [2.45, 2.75) is 6.92 Å². The highest BCUT2D eigenvalue weighted by Gasteiger charge is 2.10. The summed E-state index contributed by atoms with van der Waals surface area (Å²) in [7, 11) is 0. The Balaban J connectivity index is 2.63. The lowest BCUT2D eigenvalue weighted by molar-refractivity contribution is 0.782. The van der Waals surface area contributed by atoms with Crippen molar-refractivity contribution in [2.75, 3.05) is 5.73 Å². The second kappa shape index (κ2) is 3.83. The maximum atomic E-state index is 5.91. The Labute approximate surface area is 100 Å². The summed E-state index contributed by atoms with van der Waals surface area (Å²) in [5.74, 6) is 0.418. The Morgan fingerprint density at radius 3 is 2.80 bits per heavy atom. The fraction of sp³-hybridized carbons (Fsp3) is 0.111. The standard InChI is InChI=1S/C9H8BrClN4/c1-5-9(12)13-14-15(5)8-4-6(11)2-3-7(8)10/h2-4H,12H2,1H3. The second-order valence-corrected chi connectivity index (χ2v) is 4.36. The predicted octanol–water partition coefficient (Wildman–Crippen LogP) is 2.57. The Morgan fingerprint density at radius 2 is 2.20 bits per heavy atom. The quantitative estimate of drug-likeness (QED) is 0.877. The molecule has 1 aromatic heterocycles. The number of hydrogen-bond acceptors (Lipinski definition) is 3. The Bertz CT molecular complexity index is 509. The number of nitrogen functional groups attached to an aromatic ring is 1. The van der Waals surface area contributed by atoms with Crippen LogP contribution in [-0.2, 0) is 0 Å². The molecular weight excluding hydrogens is 279 g/mol. The molecule has 1 heterocycles. The second-order valence-electron chi connectivity index (χ2n) is 3.07. The van der Waals surface area contributed by atoms with Crippen molar-refractivity contribution in [3.63, 3.8) is 0 Å². The van der Waals surface area contributed by atoms with E-state index in [0.29, 0.717) is 10.8 Å². The molecular formula is C9H8BrClN4. The molecule has 0 spiro atoms. The van der Waals surface area contributed by atoms with Gasteiger partial charge in [0.05, 0.1) is 11.4 Å². The third-order valence-corrected chi connectivity index (χ3v) is 2.97. The first-order valence-electron chi connectivity index (χ1n) is 4.23. The third-order valence-electron chi connectivity index (χ3n) is 2.07. The molecule has 15 heavy (non-hydrogen) atoms. The van der Waals surface area contributed by atoms with Gasteiger partial charge in [-0.15, -0.1) is 5.10 Å². The van der Waals surface area contributed by atoms with Crippen LogP contribution in [0.3, 0.4) is 0 Å². The van der Waals surface area contributed by atoms with E-state index in [1.165, 1.54) is 0 Å². The minimum absolute atomic E-state index is 0.418. The third kappa shape index (κ3) is 1.85. The van der Waals surface area contributed by atoms with E-state index in [9.17, 15) is 0 Å². The molecule has 0 fully saturated rings. The summed E-state index contributed by atoms with van der Waals surface area (Å²) in [5, 5.41) is 8.37. The van der Waals surface area contributed by atoms with Gasteiger partial charge in [-0.25, -0.2) is 4.68 Å². The fourth-order valence-corrected chi connectivity index (χ4v) is 1.80. The van der Waals surface area contributed by atoms with E-state index in [4.69, 9.17) is 17.3 Å². The van der Waals surface area contributed by atoms with Crippen LogP contribution in [0, 0.1) is 6.92 Å². The summed E-state index contributed by atoms with van der Waals surface area (Å²) in [5.41, 5.74) is 7.24. The van der Waals surface area contributed by atoms with Crippen molar-refractivity contribution in [2.24, 2.45) is 0 Å². The van der Waals surface area contributed by atoms with Crippen LogP contribution >= 0.6 is 27.5 Å². The first kappa shape index (κ1) is 10.4. The van der Waals surface area contributed by atoms with E-state index in [-0.39, 0.29) is 0 Å². The van der Waals surface area contributed by atoms with E-state index in [1.807, 2.05) is 13.0 Å². The molecule has 0 saturated carbocycles. The minimum Gasteiger partial charge on any atom is -0.381 e. The summed E-state index contributed by atoms with van der Waals surface area (Å²) in [4.78, 5) is 0. The number of benzene rings is 1. The van der Waals surface area contributed by atoms with Crippen molar-refractivity contribution in [3.05, 3.63) is 33.4 Å². The average molecular weight is 288 g/mol. The summed E-state index contributed by atoms with van der Waals surface area (Å²) >= 11 is 9.33. The summed E-state index contributed by atoms with van der Waals surface area (Å²) in [6, 6.07) is 5.45. The van der Waals surface area contributed by atoms with Crippen molar-refractivity contribution in [3.8, 4) is 5.69 Å². The van der Waals surface area contributed by atoms with Gasteiger partial charge in [-0.3, -0.25) is 0 Å². The summed E-state index contributed by atoms with van der Waals surface area (Å²) in [6.45, 7) is 1.85. The fourth-order valence-electron chi connectivity index (χ4n) is 1.22. The lowest BCUT2D eigenvalue weighted by Crippen LogP contribution is -2.00. The molecule has 6 heteroatoms. The van der Waals surface area contributed by atoms with Crippen molar-refractivity contribution in [1.29, 1.82) is 0 Å². The molecule has 0 aliphatic carbocycles. The van der Waals surface area contributed by atoms with Crippen molar-refractivity contribution < 1.29 is 0 Å². The molecule has 2 aromatic rings. The molecule has 0 unspecified atom stereocenters. The Morgan fingerprint density at radius 1 is 1.47 bits per heavy atom. The highest BCUT2D eigenvalue weighted by molar-refractivity contribution is 9.10. The molecule has 2 rings (SSSR count). The first-order chi connectivity index (χ1) is 7.09. The number of halogens is 2. The van der Waals surface area contributed by atoms with Crippen LogP contribution in [0.1, 0.15) is 5.69 Å². The van der Waals surface area contributed by atoms with Crippen LogP contribution in [0.5, 0.6) is 0 Å². The Kier molecular flexibility index (Phi) is 2.67. The lowest BCUT2D eigenvalue weighted by Gasteiger charge is -2.05. The molecule has 0 saturated heterocycles. The summed E-state index contributed by atoms with van der Waals surface area (Å²) in [6.07, 6.45) is 0. The van der Waals surface area contributed by atoms with E-state index < -0.39 is 0 Å². The number of aromatic nitrogens is 3. The molecule has 0 radical (unpaired) electrons. The molecule has 0 amide bonds. The van der Waals surface area contributed by atoms with Gasteiger partial charge in [-0.2, -0.15) is 0 Å². The van der Waals surface area contributed by atoms with Gasteiger partial charge < -0.3 is 5.73 Å². The van der Waals surface area contributed by atoms with Gasteiger partial charge in [0.2, 0.25) is 0 Å². The van der Waals surface area contributed by atoms with Crippen LogP contribution in [0.4, 0.5) is 5.82 Å². The smallest absolute Gasteiger partial charge is 0.169 e. The van der Waals surface area contributed by atoms with Crippen molar-refractivity contribution in [1.82, 2.24) is 15.0 Å². The maximum absolute atomic E-state index is 5.91. The molecule has 0 bridgehead atoms. The minimum atomic E-state index is 0.418. The predicted molar refractivity (Wildman–Crippen MR) is 63.2 cm³/mol. The number of hydrogen-bond donors (Lipinski definition) is 1. The van der Waals surface area contributed by atoms with E-state index in [1.54, 1.807) is 16.8 Å². The number of anilines is 1. The molecule has 0 aliphatic rings. The summed E-state index contributed by atoms with van der Waals surface area (Å²) < 4.78 is 2.53. The van der Waals surface area contributed by atoms with Gasteiger partial charge in [-0.05, 0) is 41.1 Å². The van der Waals surface area contributed by atoms with Gasteiger partial charge in [0.15, 0.2) is 5.82 Å². The van der Waals surface area contributed by atoms with Gasteiger partial charge in [0, 0.05) is 9.50 Å². The van der Waals surface area contributed by atoms with Gasteiger partial charge >= 0.3 is 0 Å². The number of nitrogens with two attached hydrogens (primary N) is 1. The largest absolute Gasteiger partial charge is 0.381 e. The van der Waals surface area contributed by atoms with Crippen LogP contribution in [-0.4, -0.2) is 15.0 Å². The average Bonchev–Trinajstić information content (AvgIpc) is 2.52. The van der Waals surface area contributed by atoms with Gasteiger partial charge in [-0.1, -0.05) is 16.8 Å². The SMILES string of the molecule is Cc1c(N)nnn1-c1cc(Cl)ccc1Br. The normalized spacial score (nSPS) is 10.6. The van der Waals surface area contributed by atoms with Crippen molar-refractivity contribution >= 4 is 33.3 Å². The first-order valence-corrected chi connectivity index (χ1v) is 5.40. The Hall–Kier alpha value is -1.07. The zero-order chi connectivity index (χ0) is 11.0. The monoisotopic (exact) mass is 286 g/mol. The highest BCUT2D eigenvalue weighted by atomic mass is 79.9. The molecule has 2 N–H and O–H groups in total. The zero-order valence-corrected chi connectivity index (χ0v) is 10.2. The maximum Gasteiger partial charge on any atom is 0.169 e. The van der Waals surface area contributed by atoms with Crippen LogP contribution < -0.4 is 5.73 Å². The van der Waals surface area contributed by atoms with Gasteiger partial charge in [0.1, 0.15) is 0 Å². The van der Waals surface area contributed by atoms with Gasteiger partial charge in [0.25, 0.3) is 0 Å². The van der Waals surface area contributed by atoms with E-state index in [0.717, 1.165) is 15.9 Å². The molecule has 78 valence electrons. The van der Waals surface area contributed by atoms with Crippen LogP contribution in [0.2, 0.25) is 5.02 Å². The number of nitrogens with zero attached hydrogens (tertiary/aromatic N) is 3. The topological polar surface area (TPSA) is 56.7 Å². The number of rotatable bonds is 1. The highest BCUT2D eigenvalue weighted by Crippen LogP contribution is 2.25. The van der Waals surface area contributed by atoms with Crippen LogP contribution in [0.15, 0.2) is 22.7 Å². The van der Waals surface area contributed by atoms with Crippen LogP contribution in [0.25, 0.3) is 5.69 Å². The molecule has 1 aromatic carbocycles. The van der Waals surface area contributed by atoms with E-state index in [2.05, 4.69) is 26.2 Å². The van der Waals surface area contributed by atoms with E-state index >= 15 is 0 Å². The lowest BCUT2D eigenvalue weighted by atomic mass is 10.3. The molecule has 4 nitrogen and oxygen atoms in total. The molecule has 0 aliphatic heterocycles.